The molecule has 7 heteroatoms. The molecular weight excluding hydrogens is 490 g/mol. The van der Waals surface area contributed by atoms with Gasteiger partial charge in [-0.05, 0) is 75.6 Å². The smallest absolute Gasteiger partial charge is 0.408 e. The predicted octanol–water partition coefficient (Wildman–Crippen LogP) is 6.72. The second-order valence-electron chi connectivity index (χ2n) is 11.5. The first-order valence-electron chi connectivity index (χ1n) is 14.0. The molecule has 0 spiro atoms. The Labute approximate surface area is 234 Å². The van der Waals surface area contributed by atoms with Crippen LogP contribution in [0.3, 0.4) is 0 Å². The van der Waals surface area contributed by atoms with E-state index >= 15 is 0 Å². The second kappa shape index (κ2) is 14.2. The van der Waals surface area contributed by atoms with Gasteiger partial charge in [0.25, 0.3) is 5.91 Å². The van der Waals surface area contributed by atoms with Gasteiger partial charge in [0.2, 0.25) is 5.91 Å². The number of hydrogen-bond acceptors (Lipinski definition) is 4. The lowest BCUT2D eigenvalue weighted by molar-refractivity contribution is -0.141. The minimum absolute atomic E-state index is 0.223. The molecule has 2 unspecified atom stereocenters. The lowest BCUT2D eigenvalue weighted by Gasteiger charge is -2.36. The number of alkyl carbamates (subject to hydrolysis) is 1. The van der Waals surface area contributed by atoms with E-state index in [1.54, 1.807) is 25.7 Å². The van der Waals surface area contributed by atoms with Gasteiger partial charge < -0.3 is 20.3 Å². The Morgan fingerprint density at radius 1 is 0.949 bits per heavy atom. The van der Waals surface area contributed by atoms with Crippen LogP contribution in [0.25, 0.3) is 0 Å². The molecule has 0 aromatic heterocycles. The van der Waals surface area contributed by atoms with Crippen molar-refractivity contribution in [2.24, 2.45) is 5.92 Å². The molecule has 0 saturated carbocycles. The summed E-state index contributed by atoms with van der Waals surface area (Å²) in [6.45, 7) is 17.5. The lowest BCUT2D eigenvalue weighted by atomic mass is 9.97. The Morgan fingerprint density at radius 2 is 1.54 bits per heavy atom. The molecule has 0 radical (unpaired) electrons. The Hall–Kier alpha value is -3.35. The van der Waals surface area contributed by atoms with Crippen molar-refractivity contribution in [3.8, 4) is 0 Å². The highest BCUT2D eigenvalue weighted by Gasteiger charge is 2.37. The molecule has 0 aliphatic rings. The molecule has 0 heterocycles. The molecule has 2 aromatic carbocycles. The zero-order valence-corrected chi connectivity index (χ0v) is 25.2. The van der Waals surface area contributed by atoms with Gasteiger partial charge in [0, 0.05) is 12.2 Å². The van der Waals surface area contributed by atoms with Gasteiger partial charge in [0.05, 0.1) is 0 Å². The standard InChI is InChI=1S/C32H47N3O4/c1-10-12-20-35(30(37)26(21(3)4)34-31(38)39-32(7,8)9)28(25-18-16-24(11-2)17-19-25)29(36)33-27-22(5)14-13-15-23(27)6/h13-19,21,26,28H,10-12,20H2,1-9H3,(H,33,36)(H,34,38). The largest absolute Gasteiger partial charge is 0.444 e. The highest BCUT2D eigenvalue weighted by atomic mass is 16.6. The molecule has 2 aromatic rings. The van der Waals surface area contributed by atoms with Crippen molar-refractivity contribution in [3.05, 3.63) is 64.7 Å². The van der Waals surface area contributed by atoms with E-state index < -0.39 is 23.8 Å². The Morgan fingerprint density at radius 3 is 2.03 bits per heavy atom. The summed E-state index contributed by atoms with van der Waals surface area (Å²) in [5.41, 5.74) is 3.80. The first kappa shape index (κ1) is 31.9. The summed E-state index contributed by atoms with van der Waals surface area (Å²) in [7, 11) is 0. The van der Waals surface area contributed by atoms with E-state index in [-0.39, 0.29) is 17.7 Å². The van der Waals surface area contributed by atoms with Crippen LogP contribution in [0.1, 0.15) is 89.6 Å². The number of carbonyl (C=O) groups excluding carboxylic acids is 3. The van der Waals surface area contributed by atoms with Crippen molar-refractivity contribution >= 4 is 23.6 Å². The number of aryl methyl sites for hydroxylation is 3. The first-order valence-corrected chi connectivity index (χ1v) is 14.0. The van der Waals surface area contributed by atoms with E-state index in [1.165, 1.54) is 0 Å². The third-order valence-electron chi connectivity index (χ3n) is 6.63. The fourth-order valence-electron chi connectivity index (χ4n) is 4.43. The van der Waals surface area contributed by atoms with E-state index in [1.807, 2.05) is 77.1 Å². The summed E-state index contributed by atoms with van der Waals surface area (Å²) in [5.74, 6) is -0.828. The Bertz CT molecular complexity index is 1100. The highest BCUT2D eigenvalue weighted by Crippen LogP contribution is 2.28. The summed E-state index contributed by atoms with van der Waals surface area (Å²) in [6, 6.07) is 12.0. The third-order valence-corrected chi connectivity index (χ3v) is 6.63. The van der Waals surface area contributed by atoms with E-state index in [0.717, 1.165) is 40.8 Å². The van der Waals surface area contributed by atoms with Gasteiger partial charge in [0.1, 0.15) is 17.7 Å². The number of carbonyl (C=O) groups is 3. The Balaban J connectivity index is 2.56. The van der Waals surface area contributed by atoms with Crippen molar-refractivity contribution in [3.63, 3.8) is 0 Å². The van der Waals surface area contributed by atoms with Gasteiger partial charge in [-0.1, -0.05) is 76.6 Å². The fraction of sp³-hybridized carbons (Fsp3) is 0.531. The second-order valence-corrected chi connectivity index (χ2v) is 11.5. The van der Waals surface area contributed by atoms with Gasteiger partial charge >= 0.3 is 6.09 Å². The van der Waals surface area contributed by atoms with Gasteiger partial charge in [-0.2, -0.15) is 0 Å². The van der Waals surface area contributed by atoms with Crippen LogP contribution < -0.4 is 10.6 Å². The molecule has 0 aliphatic carbocycles. The molecule has 0 saturated heterocycles. The van der Waals surface area contributed by atoms with Crippen LogP contribution in [0.4, 0.5) is 10.5 Å². The maximum absolute atomic E-state index is 14.2. The molecule has 2 atom stereocenters. The number of para-hydroxylation sites is 1. The monoisotopic (exact) mass is 537 g/mol. The molecule has 3 amide bonds. The van der Waals surface area contributed by atoms with Gasteiger partial charge in [-0.15, -0.1) is 0 Å². The fourth-order valence-corrected chi connectivity index (χ4v) is 4.43. The first-order chi connectivity index (χ1) is 18.3. The molecule has 0 fully saturated rings. The molecule has 2 rings (SSSR count). The third kappa shape index (κ3) is 9.12. The summed E-state index contributed by atoms with van der Waals surface area (Å²) in [5, 5.41) is 5.89. The normalized spacial score (nSPS) is 13.0. The van der Waals surface area contributed by atoms with Gasteiger partial charge in [-0.3, -0.25) is 9.59 Å². The topological polar surface area (TPSA) is 87.7 Å². The van der Waals surface area contributed by atoms with E-state index in [0.29, 0.717) is 13.0 Å². The molecule has 7 nitrogen and oxygen atoms in total. The van der Waals surface area contributed by atoms with Crippen molar-refractivity contribution < 1.29 is 19.1 Å². The summed E-state index contributed by atoms with van der Waals surface area (Å²) >= 11 is 0. The maximum Gasteiger partial charge on any atom is 0.408 e. The molecular formula is C32H47N3O4. The van der Waals surface area contributed by atoms with E-state index in [2.05, 4.69) is 17.6 Å². The number of hydrogen-bond donors (Lipinski definition) is 2. The Kier molecular flexibility index (Phi) is 11.6. The van der Waals surface area contributed by atoms with Crippen LogP contribution in [0, 0.1) is 19.8 Å². The van der Waals surface area contributed by atoms with Crippen molar-refractivity contribution in [1.82, 2.24) is 10.2 Å². The van der Waals surface area contributed by atoms with Crippen molar-refractivity contribution in [2.75, 3.05) is 11.9 Å². The minimum atomic E-state index is -0.879. The number of rotatable bonds is 11. The highest BCUT2D eigenvalue weighted by molar-refractivity contribution is 6.00. The molecule has 0 aliphatic heterocycles. The van der Waals surface area contributed by atoms with E-state index in [4.69, 9.17) is 4.74 Å². The number of nitrogens with zero attached hydrogens (tertiary/aromatic N) is 1. The average Bonchev–Trinajstić information content (AvgIpc) is 2.85. The maximum atomic E-state index is 14.2. The average molecular weight is 538 g/mol. The number of amides is 3. The zero-order valence-electron chi connectivity index (χ0n) is 25.2. The predicted molar refractivity (Wildman–Crippen MR) is 158 cm³/mol. The summed E-state index contributed by atoms with van der Waals surface area (Å²) in [4.78, 5) is 42.6. The molecule has 39 heavy (non-hydrogen) atoms. The number of unbranched alkanes of at least 4 members (excludes halogenated alkanes) is 1. The van der Waals surface area contributed by atoms with Gasteiger partial charge in [0.15, 0.2) is 0 Å². The summed E-state index contributed by atoms with van der Waals surface area (Å²) in [6.07, 6.45) is 1.76. The van der Waals surface area contributed by atoms with Crippen molar-refractivity contribution in [1.29, 1.82) is 0 Å². The SMILES string of the molecule is CCCCN(C(=O)C(NC(=O)OC(C)(C)C)C(C)C)C(C(=O)Nc1c(C)cccc1C)c1ccc(CC)cc1. The molecule has 214 valence electrons. The lowest BCUT2D eigenvalue weighted by Crippen LogP contribution is -2.54. The van der Waals surface area contributed by atoms with Gasteiger partial charge in [-0.25, -0.2) is 4.79 Å². The van der Waals surface area contributed by atoms with Crippen LogP contribution in [0.5, 0.6) is 0 Å². The van der Waals surface area contributed by atoms with Crippen molar-refractivity contribution in [2.45, 2.75) is 99.3 Å². The van der Waals surface area contributed by atoms with Crippen LogP contribution in [0.15, 0.2) is 42.5 Å². The summed E-state index contributed by atoms with van der Waals surface area (Å²) < 4.78 is 5.45. The number of benzene rings is 2. The van der Waals surface area contributed by atoms with Crippen LogP contribution in [-0.4, -0.2) is 41.0 Å². The van der Waals surface area contributed by atoms with Crippen LogP contribution in [-0.2, 0) is 20.7 Å². The quantitative estimate of drug-likeness (QED) is 0.333. The zero-order chi connectivity index (χ0) is 29.3. The number of ether oxygens (including phenoxy) is 1. The van der Waals surface area contributed by atoms with E-state index in [9.17, 15) is 14.4 Å². The van der Waals surface area contributed by atoms with Crippen LogP contribution >= 0.6 is 0 Å². The molecule has 2 N–H and O–H groups in total. The minimum Gasteiger partial charge on any atom is -0.444 e. The molecule has 0 bridgehead atoms. The number of anilines is 1. The number of nitrogens with one attached hydrogen (secondary N) is 2. The van der Waals surface area contributed by atoms with Crippen LogP contribution in [0.2, 0.25) is 0 Å².